The number of sulfonamides is 1. The number of amides is 1. The van der Waals surface area contributed by atoms with Gasteiger partial charge in [-0.25, -0.2) is 8.42 Å². The van der Waals surface area contributed by atoms with Gasteiger partial charge in [-0.3, -0.25) is 4.79 Å². The van der Waals surface area contributed by atoms with Crippen molar-refractivity contribution in [2.45, 2.75) is 81.5 Å². The summed E-state index contributed by atoms with van der Waals surface area (Å²) < 4.78 is 54.6. The molecule has 5 unspecified atom stereocenters. The van der Waals surface area contributed by atoms with Crippen molar-refractivity contribution >= 4 is 15.9 Å². The van der Waals surface area contributed by atoms with Gasteiger partial charge in [0, 0.05) is 50.5 Å². The van der Waals surface area contributed by atoms with E-state index in [-0.39, 0.29) is 42.6 Å². The van der Waals surface area contributed by atoms with Crippen LogP contribution in [-0.2, 0) is 53.3 Å². The van der Waals surface area contributed by atoms with E-state index >= 15 is 0 Å². The molecule has 0 bridgehead atoms. The lowest BCUT2D eigenvalue weighted by molar-refractivity contribution is -0.278. The van der Waals surface area contributed by atoms with Crippen LogP contribution < -0.4 is 10.0 Å². The quantitative estimate of drug-likeness (QED) is 0.165. The molecule has 12 heteroatoms. The monoisotopic (exact) mass is 769 g/mol. The second-order valence-electron chi connectivity index (χ2n) is 14.9. The first-order valence-corrected chi connectivity index (χ1v) is 20.6. The van der Waals surface area contributed by atoms with E-state index in [1.165, 1.54) is 12.1 Å². The van der Waals surface area contributed by atoms with E-state index in [1.807, 2.05) is 85.8 Å². The van der Waals surface area contributed by atoms with Crippen molar-refractivity contribution in [3.63, 3.8) is 0 Å². The minimum absolute atomic E-state index is 0.0247. The summed E-state index contributed by atoms with van der Waals surface area (Å²) in [5.74, 6) is -0.824. The Hall–Kier alpha value is -3.98. The highest BCUT2D eigenvalue weighted by Crippen LogP contribution is 2.42. The highest BCUT2D eigenvalue weighted by Gasteiger charge is 2.43. The molecule has 3 heterocycles. The van der Waals surface area contributed by atoms with Crippen LogP contribution in [0.3, 0.4) is 0 Å². The minimum Gasteiger partial charge on any atom is -0.392 e. The number of aliphatic hydroxyl groups excluding tert-OH is 1. The van der Waals surface area contributed by atoms with Crippen LogP contribution in [-0.4, -0.2) is 75.1 Å². The first kappa shape index (κ1) is 39.3. The van der Waals surface area contributed by atoms with E-state index < -0.39 is 34.0 Å². The van der Waals surface area contributed by atoms with Crippen LogP contribution in [0, 0.1) is 12.8 Å². The van der Waals surface area contributed by atoms with E-state index in [0.29, 0.717) is 13.2 Å². The molecule has 292 valence electrons. The number of aliphatic hydroxyl groups is 1. The van der Waals surface area contributed by atoms with Crippen LogP contribution in [0.1, 0.15) is 65.5 Å². The van der Waals surface area contributed by atoms with Gasteiger partial charge >= 0.3 is 0 Å². The van der Waals surface area contributed by atoms with Gasteiger partial charge in [0.15, 0.2) is 12.1 Å². The summed E-state index contributed by atoms with van der Waals surface area (Å²) in [4.78, 5) is 16.1. The van der Waals surface area contributed by atoms with Gasteiger partial charge < -0.3 is 34.3 Å². The predicted molar refractivity (Wildman–Crippen MR) is 207 cm³/mol. The third-order valence-electron chi connectivity index (χ3n) is 10.9. The molecular weight excluding hydrogens is 719 g/mol. The molecular formula is C43H51N3O8S. The third-order valence-corrected chi connectivity index (χ3v) is 12.4. The molecule has 3 fully saturated rings. The summed E-state index contributed by atoms with van der Waals surface area (Å²) in [5, 5.41) is 12.6. The average Bonchev–Trinajstić information content (AvgIpc) is 3.67. The lowest BCUT2D eigenvalue weighted by Crippen LogP contribution is -2.50. The van der Waals surface area contributed by atoms with Crippen LogP contribution in [0.2, 0.25) is 0 Å². The molecule has 0 saturated carbocycles. The molecule has 0 radical (unpaired) electrons. The van der Waals surface area contributed by atoms with Gasteiger partial charge in [-0.15, -0.1) is 0 Å². The number of aryl methyl sites for hydroxylation is 1. The van der Waals surface area contributed by atoms with Gasteiger partial charge in [-0.2, -0.15) is 4.72 Å². The highest BCUT2D eigenvalue weighted by molar-refractivity contribution is 7.89. The molecule has 4 aromatic carbocycles. The summed E-state index contributed by atoms with van der Waals surface area (Å²) in [6.07, 6.45) is 0.851. The van der Waals surface area contributed by atoms with E-state index in [1.54, 1.807) is 12.1 Å². The van der Waals surface area contributed by atoms with Crippen LogP contribution in [0.4, 0.5) is 0 Å². The number of likely N-dealkylation sites (tertiary alicyclic amines) is 1. The molecule has 7 rings (SSSR count). The van der Waals surface area contributed by atoms with Crippen LogP contribution in [0.5, 0.6) is 0 Å². The lowest BCUT2D eigenvalue weighted by Gasteiger charge is -2.44. The highest BCUT2D eigenvalue weighted by atomic mass is 32.2. The number of nitrogens with one attached hydrogen (secondary N) is 2. The summed E-state index contributed by atoms with van der Waals surface area (Å²) in [6.45, 7) is 7.97. The van der Waals surface area contributed by atoms with Crippen molar-refractivity contribution in [1.82, 2.24) is 14.9 Å². The summed E-state index contributed by atoms with van der Waals surface area (Å²) >= 11 is 0. The Balaban J connectivity index is 1.03. The Kier molecular flexibility index (Phi) is 12.4. The molecule has 11 nitrogen and oxygen atoms in total. The zero-order valence-corrected chi connectivity index (χ0v) is 32.2. The maximum atomic E-state index is 13.6. The van der Waals surface area contributed by atoms with E-state index in [9.17, 15) is 18.3 Å². The van der Waals surface area contributed by atoms with Crippen molar-refractivity contribution in [2.75, 3.05) is 32.8 Å². The minimum atomic E-state index is -3.96. The summed E-state index contributed by atoms with van der Waals surface area (Å²) in [7, 11) is -3.96. The fraction of sp³-hybridized carbons (Fsp3) is 0.419. The maximum Gasteiger partial charge on any atom is 0.241 e. The Morgan fingerprint density at radius 2 is 1.47 bits per heavy atom. The number of nitrogens with zero attached hydrogens (tertiary/aromatic N) is 1. The molecule has 0 aromatic heterocycles. The topological polar surface area (TPSA) is 136 Å². The molecule has 3 aliphatic heterocycles. The Labute approximate surface area is 324 Å². The van der Waals surface area contributed by atoms with Crippen molar-refractivity contribution in [3.05, 3.63) is 137 Å². The van der Waals surface area contributed by atoms with Gasteiger partial charge in [0.25, 0.3) is 0 Å². The Morgan fingerprint density at radius 1 is 0.836 bits per heavy atom. The van der Waals surface area contributed by atoms with Crippen molar-refractivity contribution in [3.8, 4) is 0 Å². The maximum absolute atomic E-state index is 13.6. The largest absolute Gasteiger partial charge is 0.392 e. The number of carbonyl (C=O) groups excluding carboxylic acids is 1. The first-order chi connectivity index (χ1) is 26.6. The average molecular weight is 770 g/mol. The van der Waals surface area contributed by atoms with Gasteiger partial charge in [-0.05, 0) is 47.7 Å². The third kappa shape index (κ3) is 9.70. The zero-order chi connectivity index (χ0) is 38.4. The van der Waals surface area contributed by atoms with Gasteiger partial charge in [0.05, 0.1) is 36.9 Å². The van der Waals surface area contributed by atoms with Crippen LogP contribution in [0.25, 0.3) is 0 Å². The molecule has 1 amide bonds. The van der Waals surface area contributed by atoms with Gasteiger partial charge in [0.1, 0.15) is 6.04 Å². The fourth-order valence-corrected chi connectivity index (χ4v) is 8.76. The Bertz CT molecular complexity index is 1960. The number of rotatable bonds is 13. The standard InChI is InChI=1S/C43H51N3O8S/c1-30-8-18-37(19-9-30)55(49,50)45-38(26-32-6-4-3-5-7-32)41(48)44-27-33-10-16-36(17-11-33)42-53-39(28-46-22-20-43(21-23-46)51-24-25-52-43)31(2)40(54-42)35-14-12-34(29-47)13-15-35/h3-19,31,38-40,42,45,47H,20-29H2,1-2H3,(H,44,48). The first-order valence-electron chi connectivity index (χ1n) is 19.1. The smallest absolute Gasteiger partial charge is 0.241 e. The molecule has 3 N–H and O–H groups in total. The van der Waals surface area contributed by atoms with Crippen molar-refractivity contribution in [2.24, 2.45) is 5.92 Å². The Morgan fingerprint density at radius 3 is 2.13 bits per heavy atom. The van der Waals surface area contributed by atoms with Crippen LogP contribution >= 0.6 is 0 Å². The number of carbonyl (C=O) groups is 1. The number of hydrogen-bond donors (Lipinski definition) is 3. The van der Waals surface area contributed by atoms with E-state index in [0.717, 1.165) is 65.9 Å². The SMILES string of the molecule is Cc1ccc(S(=O)(=O)NC(Cc2ccccc2)C(=O)NCc2ccc(C3OC(CN4CCC5(CC4)OCCO5)C(C)C(c4ccc(CO)cc4)O3)cc2)cc1. The van der Waals surface area contributed by atoms with Gasteiger partial charge in [-0.1, -0.05) is 103 Å². The normalized spacial score (nSPS) is 23.4. The molecule has 55 heavy (non-hydrogen) atoms. The molecule has 5 atom stereocenters. The number of piperidine rings is 1. The number of benzene rings is 4. The number of hydrogen-bond acceptors (Lipinski definition) is 9. The molecule has 3 saturated heterocycles. The van der Waals surface area contributed by atoms with Gasteiger partial charge in [0.2, 0.25) is 15.9 Å². The van der Waals surface area contributed by atoms with E-state index in [4.69, 9.17) is 18.9 Å². The second-order valence-corrected chi connectivity index (χ2v) is 16.6. The van der Waals surface area contributed by atoms with Crippen molar-refractivity contribution < 1.29 is 37.3 Å². The van der Waals surface area contributed by atoms with E-state index in [2.05, 4.69) is 21.9 Å². The zero-order valence-electron chi connectivity index (χ0n) is 31.4. The molecule has 0 aliphatic carbocycles. The predicted octanol–water partition coefficient (Wildman–Crippen LogP) is 5.32. The summed E-state index contributed by atoms with van der Waals surface area (Å²) in [6, 6.07) is 30.5. The molecule has 4 aromatic rings. The van der Waals surface area contributed by atoms with Crippen molar-refractivity contribution in [1.29, 1.82) is 0 Å². The lowest BCUT2D eigenvalue weighted by atomic mass is 9.89. The van der Waals surface area contributed by atoms with Crippen LogP contribution in [0.15, 0.2) is 108 Å². The number of ether oxygens (including phenoxy) is 4. The molecule has 1 spiro atoms. The fourth-order valence-electron chi connectivity index (χ4n) is 7.56. The second kappa shape index (κ2) is 17.4. The summed E-state index contributed by atoms with van der Waals surface area (Å²) in [5.41, 5.74) is 5.33. The molecule has 3 aliphatic rings.